The monoisotopic (exact) mass is 253 g/mol. The second-order valence-electron chi connectivity index (χ2n) is 4.20. The molecule has 4 heteroatoms. The van der Waals surface area contributed by atoms with Gasteiger partial charge in [-0.05, 0) is 26.0 Å². The maximum Gasteiger partial charge on any atom is 0.119 e. The van der Waals surface area contributed by atoms with Gasteiger partial charge in [-0.1, -0.05) is 18.2 Å². The first-order chi connectivity index (χ1) is 8.72. The number of para-hydroxylation sites is 1. The fourth-order valence-corrected chi connectivity index (χ4v) is 1.56. The number of hydrogen-bond donors (Lipinski definition) is 2. The summed E-state index contributed by atoms with van der Waals surface area (Å²) in [6.45, 7) is 6.21. The van der Waals surface area contributed by atoms with Crippen LogP contribution in [0.1, 0.15) is 13.8 Å². The van der Waals surface area contributed by atoms with E-state index in [2.05, 4.69) is 5.32 Å². The highest BCUT2D eigenvalue weighted by Gasteiger charge is 2.06. The summed E-state index contributed by atoms with van der Waals surface area (Å²) >= 11 is 0. The van der Waals surface area contributed by atoms with Gasteiger partial charge in [-0.15, -0.1) is 0 Å². The highest BCUT2D eigenvalue weighted by Crippen LogP contribution is 2.08. The SMILES string of the molecule is CCOC(C)CNCC(O)COc1ccccc1. The molecule has 102 valence electrons. The topological polar surface area (TPSA) is 50.7 Å². The number of hydrogen-bond acceptors (Lipinski definition) is 4. The zero-order valence-electron chi connectivity index (χ0n) is 11.1. The molecule has 1 aromatic carbocycles. The molecule has 0 fully saturated rings. The van der Waals surface area contributed by atoms with Crippen LogP contribution < -0.4 is 10.1 Å². The van der Waals surface area contributed by atoms with Gasteiger partial charge in [0.1, 0.15) is 18.5 Å². The molecule has 2 unspecified atom stereocenters. The predicted octanol–water partition coefficient (Wildman–Crippen LogP) is 1.44. The van der Waals surface area contributed by atoms with E-state index in [4.69, 9.17) is 9.47 Å². The summed E-state index contributed by atoms with van der Waals surface area (Å²) in [5.41, 5.74) is 0. The van der Waals surface area contributed by atoms with Crippen LogP contribution in [0.15, 0.2) is 30.3 Å². The molecule has 0 radical (unpaired) electrons. The predicted molar refractivity (Wildman–Crippen MR) is 71.9 cm³/mol. The molecule has 0 aliphatic rings. The number of aliphatic hydroxyl groups excluding tert-OH is 1. The first-order valence-electron chi connectivity index (χ1n) is 6.40. The van der Waals surface area contributed by atoms with E-state index in [0.29, 0.717) is 19.8 Å². The van der Waals surface area contributed by atoms with Gasteiger partial charge < -0.3 is 19.9 Å². The van der Waals surface area contributed by atoms with Gasteiger partial charge in [0.05, 0.1) is 6.10 Å². The molecule has 0 spiro atoms. The largest absolute Gasteiger partial charge is 0.491 e. The number of aliphatic hydroxyl groups is 1. The van der Waals surface area contributed by atoms with Crippen molar-refractivity contribution >= 4 is 0 Å². The van der Waals surface area contributed by atoms with E-state index in [9.17, 15) is 5.11 Å². The van der Waals surface area contributed by atoms with Crippen molar-refractivity contribution in [1.29, 1.82) is 0 Å². The molecule has 2 atom stereocenters. The molecule has 0 saturated carbocycles. The van der Waals surface area contributed by atoms with Crippen LogP contribution in [0.2, 0.25) is 0 Å². The summed E-state index contributed by atoms with van der Waals surface area (Å²) in [5.74, 6) is 0.777. The minimum atomic E-state index is -0.515. The minimum Gasteiger partial charge on any atom is -0.491 e. The number of ether oxygens (including phenoxy) is 2. The molecule has 0 aromatic heterocycles. The van der Waals surface area contributed by atoms with Gasteiger partial charge in [0.15, 0.2) is 0 Å². The van der Waals surface area contributed by atoms with Gasteiger partial charge in [0, 0.05) is 19.7 Å². The molecule has 0 saturated heterocycles. The van der Waals surface area contributed by atoms with Crippen LogP contribution in [-0.4, -0.2) is 43.6 Å². The summed E-state index contributed by atoms with van der Waals surface area (Å²) in [6.07, 6.45) is -0.351. The second kappa shape index (κ2) is 8.91. The number of nitrogens with one attached hydrogen (secondary N) is 1. The molecular formula is C14H23NO3. The van der Waals surface area contributed by atoms with Crippen LogP contribution in [0.5, 0.6) is 5.75 Å². The summed E-state index contributed by atoms with van der Waals surface area (Å²) in [6, 6.07) is 9.49. The standard InChI is InChI=1S/C14H23NO3/c1-3-17-12(2)9-15-10-13(16)11-18-14-7-5-4-6-8-14/h4-8,12-13,15-16H,3,9-11H2,1-2H3. The van der Waals surface area contributed by atoms with E-state index in [0.717, 1.165) is 12.3 Å². The van der Waals surface area contributed by atoms with E-state index >= 15 is 0 Å². The molecule has 0 aliphatic heterocycles. The van der Waals surface area contributed by atoms with Crippen LogP contribution in [0, 0.1) is 0 Å². The normalized spacial score (nSPS) is 14.2. The maximum atomic E-state index is 9.72. The van der Waals surface area contributed by atoms with E-state index < -0.39 is 6.10 Å². The van der Waals surface area contributed by atoms with E-state index in [-0.39, 0.29) is 6.10 Å². The van der Waals surface area contributed by atoms with Gasteiger partial charge in [-0.3, -0.25) is 0 Å². The Labute approximate surface area is 109 Å². The molecule has 18 heavy (non-hydrogen) atoms. The van der Waals surface area contributed by atoms with Gasteiger partial charge >= 0.3 is 0 Å². The average molecular weight is 253 g/mol. The summed E-state index contributed by atoms with van der Waals surface area (Å²) in [7, 11) is 0. The Balaban J connectivity index is 2.09. The third kappa shape index (κ3) is 6.59. The van der Waals surface area contributed by atoms with Crippen molar-refractivity contribution in [3.8, 4) is 5.75 Å². The Kier molecular flexibility index (Phi) is 7.41. The van der Waals surface area contributed by atoms with Crippen LogP contribution in [0.3, 0.4) is 0 Å². The Hall–Kier alpha value is -1.10. The van der Waals surface area contributed by atoms with E-state index in [1.165, 1.54) is 0 Å². The number of benzene rings is 1. The molecule has 1 rings (SSSR count). The zero-order valence-corrected chi connectivity index (χ0v) is 11.1. The van der Waals surface area contributed by atoms with Crippen molar-refractivity contribution in [1.82, 2.24) is 5.32 Å². The zero-order chi connectivity index (χ0) is 13.2. The van der Waals surface area contributed by atoms with Crippen molar-refractivity contribution in [2.75, 3.05) is 26.3 Å². The molecule has 0 bridgehead atoms. The Morgan fingerprint density at radius 2 is 1.94 bits per heavy atom. The molecule has 4 nitrogen and oxygen atoms in total. The third-order valence-corrected chi connectivity index (χ3v) is 2.45. The molecule has 0 aliphatic carbocycles. The van der Waals surface area contributed by atoms with Gasteiger partial charge in [0.2, 0.25) is 0 Å². The van der Waals surface area contributed by atoms with E-state index in [1.54, 1.807) is 0 Å². The first-order valence-corrected chi connectivity index (χ1v) is 6.40. The molecular weight excluding hydrogens is 230 g/mol. The van der Waals surface area contributed by atoms with Crippen molar-refractivity contribution in [2.24, 2.45) is 0 Å². The fraction of sp³-hybridized carbons (Fsp3) is 0.571. The van der Waals surface area contributed by atoms with Crippen LogP contribution >= 0.6 is 0 Å². The van der Waals surface area contributed by atoms with Crippen molar-refractivity contribution < 1.29 is 14.6 Å². The lowest BCUT2D eigenvalue weighted by Gasteiger charge is -2.16. The summed E-state index contributed by atoms with van der Waals surface area (Å²) in [4.78, 5) is 0. The number of rotatable bonds is 9. The quantitative estimate of drug-likeness (QED) is 0.699. The van der Waals surface area contributed by atoms with Gasteiger partial charge in [0.25, 0.3) is 0 Å². The Bertz CT molecular complexity index is 305. The lowest BCUT2D eigenvalue weighted by Crippen LogP contribution is -2.35. The van der Waals surface area contributed by atoms with Crippen LogP contribution in [0.25, 0.3) is 0 Å². The third-order valence-electron chi connectivity index (χ3n) is 2.45. The van der Waals surface area contributed by atoms with Crippen LogP contribution in [-0.2, 0) is 4.74 Å². The smallest absolute Gasteiger partial charge is 0.119 e. The van der Waals surface area contributed by atoms with Gasteiger partial charge in [-0.25, -0.2) is 0 Å². The van der Waals surface area contributed by atoms with Crippen molar-refractivity contribution in [3.05, 3.63) is 30.3 Å². The highest BCUT2D eigenvalue weighted by atomic mass is 16.5. The summed E-state index contributed by atoms with van der Waals surface area (Å²) < 4.78 is 10.8. The van der Waals surface area contributed by atoms with E-state index in [1.807, 2.05) is 44.2 Å². The highest BCUT2D eigenvalue weighted by molar-refractivity contribution is 5.20. The maximum absolute atomic E-state index is 9.72. The first kappa shape index (κ1) is 15.0. The lowest BCUT2D eigenvalue weighted by molar-refractivity contribution is 0.0671. The van der Waals surface area contributed by atoms with Crippen LogP contribution in [0.4, 0.5) is 0 Å². The van der Waals surface area contributed by atoms with Crippen molar-refractivity contribution in [3.63, 3.8) is 0 Å². The average Bonchev–Trinajstić information content (AvgIpc) is 2.38. The minimum absolute atomic E-state index is 0.164. The lowest BCUT2D eigenvalue weighted by atomic mass is 10.3. The molecule has 2 N–H and O–H groups in total. The summed E-state index contributed by atoms with van der Waals surface area (Å²) in [5, 5.41) is 12.9. The second-order valence-corrected chi connectivity index (χ2v) is 4.20. The molecule has 0 amide bonds. The molecule has 1 aromatic rings. The molecule has 0 heterocycles. The van der Waals surface area contributed by atoms with Gasteiger partial charge in [-0.2, -0.15) is 0 Å². The van der Waals surface area contributed by atoms with Crippen molar-refractivity contribution in [2.45, 2.75) is 26.1 Å². The fourth-order valence-electron chi connectivity index (χ4n) is 1.56. The Morgan fingerprint density at radius 3 is 2.61 bits per heavy atom. The Morgan fingerprint density at radius 1 is 1.22 bits per heavy atom.